The summed E-state index contributed by atoms with van der Waals surface area (Å²) in [6.45, 7) is 3.66. The number of benzene rings is 2. The van der Waals surface area contributed by atoms with E-state index in [2.05, 4.69) is 10.3 Å². The van der Waals surface area contributed by atoms with Crippen LogP contribution in [0.3, 0.4) is 0 Å². The van der Waals surface area contributed by atoms with Gasteiger partial charge in [0.1, 0.15) is 5.76 Å². The maximum absolute atomic E-state index is 12.7. The summed E-state index contributed by atoms with van der Waals surface area (Å²) < 4.78 is 5.44. The molecule has 0 saturated heterocycles. The minimum Gasteiger partial charge on any atom is -0.437 e. The van der Waals surface area contributed by atoms with Crippen molar-refractivity contribution in [1.82, 2.24) is 4.98 Å². The second-order valence-corrected chi connectivity index (χ2v) is 7.35. The first-order chi connectivity index (χ1) is 13.4. The smallest absolute Gasteiger partial charge is 0.256 e. The molecule has 0 spiro atoms. The van der Waals surface area contributed by atoms with Gasteiger partial charge in [-0.05, 0) is 32.0 Å². The highest BCUT2D eigenvalue weighted by Crippen LogP contribution is 2.29. The van der Waals surface area contributed by atoms with E-state index in [4.69, 9.17) is 4.42 Å². The van der Waals surface area contributed by atoms with Gasteiger partial charge >= 0.3 is 0 Å². The highest BCUT2D eigenvalue weighted by Gasteiger charge is 2.29. The van der Waals surface area contributed by atoms with Crippen LogP contribution in [0, 0.1) is 13.8 Å². The zero-order valence-corrected chi connectivity index (χ0v) is 16.1. The number of aryl methyl sites for hydroxylation is 2. The molecule has 3 aromatic rings. The number of carbonyl (C=O) groups excluding carboxylic acids is 3. The van der Waals surface area contributed by atoms with Gasteiger partial charge in [-0.15, -0.1) is 0 Å². The van der Waals surface area contributed by atoms with Crippen molar-refractivity contribution < 1.29 is 18.8 Å². The average molecular weight is 392 g/mol. The number of thioether (sulfide) groups is 1. The number of amides is 1. The first-order valence-corrected chi connectivity index (χ1v) is 9.62. The van der Waals surface area contributed by atoms with Crippen molar-refractivity contribution in [2.75, 3.05) is 11.1 Å². The first-order valence-electron chi connectivity index (χ1n) is 8.63. The standard InChI is InChI=1S/C21H16N2O4S/c1-11-12(2)27-21(22-11)28-10-18(24)23-13-7-8-16-17(9-13)20(26)15-6-4-3-5-14(15)19(16)25/h3-9H,10H2,1-2H3,(H,23,24). The highest BCUT2D eigenvalue weighted by atomic mass is 32.2. The van der Waals surface area contributed by atoms with E-state index in [9.17, 15) is 14.4 Å². The van der Waals surface area contributed by atoms with Gasteiger partial charge in [0.15, 0.2) is 11.6 Å². The van der Waals surface area contributed by atoms with Gasteiger partial charge in [-0.2, -0.15) is 0 Å². The molecule has 4 rings (SSSR count). The van der Waals surface area contributed by atoms with E-state index in [0.29, 0.717) is 33.2 Å². The van der Waals surface area contributed by atoms with Crippen LogP contribution in [-0.2, 0) is 4.79 Å². The third-order valence-electron chi connectivity index (χ3n) is 4.54. The van der Waals surface area contributed by atoms with E-state index in [-0.39, 0.29) is 23.2 Å². The van der Waals surface area contributed by atoms with Crippen molar-refractivity contribution in [3.05, 3.63) is 76.2 Å². The SMILES string of the molecule is Cc1nc(SCC(=O)Nc2ccc3c(c2)C(=O)c2ccccc2C3=O)oc1C. The summed E-state index contributed by atoms with van der Waals surface area (Å²) in [6, 6.07) is 11.5. The van der Waals surface area contributed by atoms with E-state index in [1.54, 1.807) is 42.5 Å². The number of anilines is 1. The van der Waals surface area contributed by atoms with Gasteiger partial charge in [0.2, 0.25) is 5.91 Å². The van der Waals surface area contributed by atoms with Crippen LogP contribution < -0.4 is 5.32 Å². The van der Waals surface area contributed by atoms with E-state index in [0.717, 1.165) is 11.5 Å². The Morgan fingerprint density at radius 2 is 1.64 bits per heavy atom. The molecule has 2 aromatic carbocycles. The summed E-state index contributed by atoms with van der Waals surface area (Å²) in [5, 5.41) is 3.19. The van der Waals surface area contributed by atoms with E-state index < -0.39 is 0 Å². The molecule has 0 unspecified atom stereocenters. The van der Waals surface area contributed by atoms with Crippen LogP contribution in [0.1, 0.15) is 43.3 Å². The molecule has 1 amide bonds. The molecule has 1 aliphatic rings. The number of aromatic nitrogens is 1. The molecule has 28 heavy (non-hydrogen) atoms. The monoisotopic (exact) mass is 392 g/mol. The van der Waals surface area contributed by atoms with Gasteiger partial charge in [-0.25, -0.2) is 4.98 Å². The Morgan fingerprint density at radius 3 is 2.29 bits per heavy atom. The van der Waals surface area contributed by atoms with Crippen LogP contribution in [0.4, 0.5) is 5.69 Å². The number of oxazole rings is 1. The molecular weight excluding hydrogens is 376 g/mol. The summed E-state index contributed by atoms with van der Waals surface area (Å²) >= 11 is 1.19. The Bertz CT molecular complexity index is 1110. The Morgan fingerprint density at radius 1 is 1.00 bits per heavy atom. The maximum Gasteiger partial charge on any atom is 0.256 e. The number of nitrogens with one attached hydrogen (secondary N) is 1. The lowest BCUT2D eigenvalue weighted by Crippen LogP contribution is -2.21. The predicted octanol–water partition coefficient (Wildman–Crippen LogP) is 3.80. The molecule has 1 heterocycles. The molecule has 1 aromatic heterocycles. The van der Waals surface area contributed by atoms with Crippen molar-refractivity contribution in [3.63, 3.8) is 0 Å². The molecule has 7 heteroatoms. The second-order valence-electron chi connectivity index (χ2n) is 6.42. The van der Waals surface area contributed by atoms with Gasteiger partial charge in [0, 0.05) is 27.9 Å². The lowest BCUT2D eigenvalue weighted by atomic mass is 9.84. The topological polar surface area (TPSA) is 89.3 Å². The lowest BCUT2D eigenvalue weighted by Gasteiger charge is -2.18. The molecule has 6 nitrogen and oxygen atoms in total. The summed E-state index contributed by atoms with van der Waals surface area (Å²) in [5.74, 6) is 0.177. The molecule has 1 aliphatic carbocycles. The summed E-state index contributed by atoms with van der Waals surface area (Å²) in [7, 11) is 0. The number of carbonyl (C=O) groups is 3. The van der Waals surface area contributed by atoms with Crippen molar-refractivity contribution in [1.29, 1.82) is 0 Å². The third-order valence-corrected chi connectivity index (χ3v) is 5.37. The van der Waals surface area contributed by atoms with Gasteiger partial charge in [0.05, 0.1) is 11.4 Å². The number of hydrogen-bond acceptors (Lipinski definition) is 6. The maximum atomic E-state index is 12.7. The van der Waals surface area contributed by atoms with Gasteiger partial charge in [-0.3, -0.25) is 14.4 Å². The molecule has 0 atom stereocenters. The largest absolute Gasteiger partial charge is 0.437 e. The van der Waals surface area contributed by atoms with Crippen LogP contribution in [0.5, 0.6) is 0 Å². The molecule has 0 saturated carbocycles. The molecule has 0 fully saturated rings. The van der Waals surface area contributed by atoms with Crippen LogP contribution in [0.15, 0.2) is 52.1 Å². The zero-order valence-electron chi connectivity index (χ0n) is 15.2. The summed E-state index contributed by atoms with van der Waals surface area (Å²) in [6.07, 6.45) is 0. The van der Waals surface area contributed by atoms with Crippen LogP contribution in [-0.4, -0.2) is 28.2 Å². The minimum absolute atomic E-state index is 0.117. The fraction of sp³-hybridized carbons (Fsp3) is 0.143. The third kappa shape index (κ3) is 3.25. The Balaban J connectivity index is 1.50. The Hall–Kier alpha value is -3.19. The van der Waals surface area contributed by atoms with E-state index >= 15 is 0 Å². The van der Waals surface area contributed by atoms with E-state index in [1.165, 1.54) is 11.8 Å². The lowest BCUT2D eigenvalue weighted by molar-refractivity contribution is -0.113. The van der Waals surface area contributed by atoms with Crippen molar-refractivity contribution >= 4 is 34.9 Å². The van der Waals surface area contributed by atoms with Gasteiger partial charge in [-0.1, -0.05) is 36.0 Å². The molecule has 0 radical (unpaired) electrons. The number of rotatable bonds is 4. The van der Waals surface area contributed by atoms with Crippen molar-refractivity contribution in [3.8, 4) is 0 Å². The number of fused-ring (bicyclic) bond motifs is 2. The van der Waals surface area contributed by atoms with Gasteiger partial charge < -0.3 is 9.73 Å². The zero-order chi connectivity index (χ0) is 19.8. The molecule has 0 aliphatic heterocycles. The molecule has 0 bridgehead atoms. The second kappa shape index (κ2) is 7.09. The first kappa shape index (κ1) is 18.2. The Labute approximate surface area is 165 Å². The molecule has 140 valence electrons. The quantitative estimate of drug-likeness (QED) is 0.532. The number of ketones is 2. The molecule has 1 N–H and O–H groups in total. The fourth-order valence-corrected chi connectivity index (χ4v) is 3.72. The van der Waals surface area contributed by atoms with Crippen molar-refractivity contribution in [2.45, 2.75) is 19.1 Å². The summed E-state index contributed by atoms with van der Waals surface area (Å²) in [4.78, 5) is 41.8. The van der Waals surface area contributed by atoms with E-state index in [1.807, 2.05) is 13.8 Å². The average Bonchev–Trinajstić information content (AvgIpc) is 3.02. The fourth-order valence-electron chi connectivity index (χ4n) is 3.01. The highest BCUT2D eigenvalue weighted by molar-refractivity contribution is 7.99. The Kier molecular flexibility index (Phi) is 4.60. The van der Waals surface area contributed by atoms with Crippen molar-refractivity contribution in [2.24, 2.45) is 0 Å². The minimum atomic E-state index is -0.256. The number of nitrogens with zero attached hydrogens (tertiary/aromatic N) is 1. The van der Waals surface area contributed by atoms with Crippen LogP contribution in [0.25, 0.3) is 0 Å². The van der Waals surface area contributed by atoms with Gasteiger partial charge in [0.25, 0.3) is 5.22 Å². The normalized spacial score (nSPS) is 12.5. The predicted molar refractivity (Wildman–Crippen MR) is 105 cm³/mol. The van der Waals surface area contributed by atoms with Crippen LogP contribution >= 0.6 is 11.8 Å². The molecular formula is C21H16N2O4S. The number of hydrogen-bond donors (Lipinski definition) is 1. The van der Waals surface area contributed by atoms with Crippen LogP contribution in [0.2, 0.25) is 0 Å². The summed E-state index contributed by atoms with van der Waals surface area (Å²) in [5.41, 5.74) is 2.69.